The molecule has 12 heteroatoms. The molecule has 0 spiro atoms. The van der Waals surface area contributed by atoms with Crippen molar-refractivity contribution in [2.45, 2.75) is 36.6 Å². The molecule has 0 N–H and O–H groups in total. The van der Waals surface area contributed by atoms with Gasteiger partial charge in [0.2, 0.25) is 0 Å². The van der Waals surface area contributed by atoms with Crippen molar-refractivity contribution < 1.29 is 22.7 Å². The number of thiazole rings is 1. The second kappa shape index (κ2) is 9.56. The van der Waals surface area contributed by atoms with E-state index >= 15 is 0 Å². The minimum Gasteiger partial charge on any atom is -0.465 e. The molecule has 0 saturated carbocycles. The highest BCUT2D eigenvalue weighted by Crippen LogP contribution is 2.29. The average molecular weight is 559 g/mol. The van der Waals surface area contributed by atoms with E-state index in [9.17, 15) is 18.0 Å². The number of ether oxygens (including phenoxy) is 1. The maximum Gasteiger partial charge on any atom is 0.326 e. The molecular formula is C20H20BrN3O5S3. The lowest BCUT2D eigenvalue weighted by molar-refractivity contribution is -0.143. The first-order valence-corrected chi connectivity index (χ1v) is 13.8. The van der Waals surface area contributed by atoms with Gasteiger partial charge < -0.3 is 9.30 Å². The van der Waals surface area contributed by atoms with Crippen molar-refractivity contribution in [3.63, 3.8) is 0 Å². The van der Waals surface area contributed by atoms with Crippen LogP contribution in [0.25, 0.3) is 10.2 Å². The Morgan fingerprint density at radius 2 is 2.12 bits per heavy atom. The molecular weight excluding hydrogens is 538 g/mol. The zero-order chi connectivity index (χ0) is 22.9. The number of carbonyl (C=O) groups excluding carboxylic acids is 2. The maximum absolute atomic E-state index is 13.1. The molecule has 3 heterocycles. The molecule has 0 bridgehead atoms. The van der Waals surface area contributed by atoms with E-state index < -0.39 is 27.9 Å². The Kier molecular flexibility index (Phi) is 6.96. The van der Waals surface area contributed by atoms with Crippen LogP contribution in [0.15, 0.2) is 49.4 Å². The van der Waals surface area contributed by atoms with Crippen LogP contribution in [0.3, 0.4) is 0 Å². The van der Waals surface area contributed by atoms with Gasteiger partial charge in [-0.2, -0.15) is 9.30 Å². The normalized spacial score (nSPS) is 17.8. The molecule has 3 aromatic rings. The minimum absolute atomic E-state index is 0.0938. The van der Waals surface area contributed by atoms with Crippen LogP contribution in [0, 0.1) is 0 Å². The number of benzene rings is 1. The van der Waals surface area contributed by atoms with Crippen molar-refractivity contribution in [1.29, 1.82) is 0 Å². The lowest BCUT2D eigenvalue weighted by Gasteiger charge is -2.20. The minimum atomic E-state index is -3.76. The summed E-state index contributed by atoms with van der Waals surface area (Å²) < 4.78 is 35.9. The number of amides is 1. The standard InChI is InChI=1S/C20H20BrN3O5S3/c1-2-29-17(25)12-23-14-8-7-13(21)11-16(14)31-20(23)22-19(26)15-5-3-9-24(15)32(27,28)18-6-4-10-30-18/h4,6-8,10-11,15H,2-3,5,9,12H2,1H3. The van der Waals surface area contributed by atoms with E-state index in [1.807, 2.05) is 18.2 Å². The van der Waals surface area contributed by atoms with Crippen LogP contribution in [-0.4, -0.2) is 48.4 Å². The van der Waals surface area contributed by atoms with Crippen molar-refractivity contribution in [3.05, 3.63) is 45.0 Å². The molecule has 1 aromatic carbocycles. The number of rotatable bonds is 6. The summed E-state index contributed by atoms with van der Waals surface area (Å²) in [4.78, 5) is 29.9. The van der Waals surface area contributed by atoms with E-state index in [2.05, 4.69) is 20.9 Å². The largest absolute Gasteiger partial charge is 0.465 e. The van der Waals surface area contributed by atoms with Gasteiger partial charge >= 0.3 is 5.97 Å². The monoisotopic (exact) mass is 557 g/mol. The van der Waals surface area contributed by atoms with Crippen molar-refractivity contribution >= 4 is 70.7 Å². The van der Waals surface area contributed by atoms with E-state index in [0.29, 0.717) is 17.6 Å². The molecule has 8 nitrogen and oxygen atoms in total. The summed E-state index contributed by atoms with van der Waals surface area (Å²) in [6.07, 6.45) is 0.986. The zero-order valence-corrected chi connectivity index (χ0v) is 21.1. The average Bonchev–Trinajstić information content (AvgIpc) is 3.49. The number of fused-ring (bicyclic) bond motifs is 1. The molecule has 0 aliphatic carbocycles. The number of aromatic nitrogens is 1. The van der Waals surface area contributed by atoms with Gasteiger partial charge in [-0.1, -0.05) is 33.3 Å². The highest BCUT2D eigenvalue weighted by Gasteiger charge is 2.40. The molecule has 170 valence electrons. The first kappa shape index (κ1) is 23.3. The number of halogens is 1. The Bertz CT molecular complexity index is 1330. The van der Waals surface area contributed by atoms with Crippen LogP contribution in [0.4, 0.5) is 0 Å². The summed E-state index contributed by atoms with van der Waals surface area (Å²) in [7, 11) is -3.76. The van der Waals surface area contributed by atoms with Gasteiger partial charge in [0.1, 0.15) is 16.8 Å². The van der Waals surface area contributed by atoms with Gasteiger partial charge in [-0.15, -0.1) is 11.3 Å². The van der Waals surface area contributed by atoms with Gasteiger partial charge in [0.15, 0.2) is 4.80 Å². The number of carbonyl (C=O) groups is 2. The molecule has 1 saturated heterocycles. The summed E-state index contributed by atoms with van der Waals surface area (Å²) in [5.41, 5.74) is 0.743. The third kappa shape index (κ3) is 4.60. The van der Waals surface area contributed by atoms with Crippen LogP contribution < -0.4 is 4.80 Å². The maximum atomic E-state index is 13.1. The number of nitrogens with zero attached hydrogens (tertiary/aromatic N) is 3. The van der Waals surface area contributed by atoms with E-state index in [1.165, 1.54) is 21.7 Å². The molecule has 32 heavy (non-hydrogen) atoms. The van der Waals surface area contributed by atoms with Crippen molar-refractivity contribution in [2.75, 3.05) is 13.2 Å². The lowest BCUT2D eigenvalue weighted by Crippen LogP contribution is -2.40. The van der Waals surface area contributed by atoms with E-state index in [1.54, 1.807) is 22.9 Å². The Morgan fingerprint density at radius 3 is 2.84 bits per heavy atom. The highest BCUT2D eigenvalue weighted by molar-refractivity contribution is 9.10. The Balaban J connectivity index is 1.73. The van der Waals surface area contributed by atoms with Crippen LogP contribution in [-0.2, 0) is 30.9 Å². The zero-order valence-electron chi connectivity index (χ0n) is 17.1. The predicted molar refractivity (Wildman–Crippen MR) is 126 cm³/mol. The van der Waals surface area contributed by atoms with Gasteiger partial charge in [0.25, 0.3) is 15.9 Å². The number of esters is 1. The SMILES string of the molecule is CCOC(=O)Cn1c(=NC(=O)C2CCCN2S(=O)(=O)c2cccs2)sc2cc(Br)ccc21. The molecule has 1 aliphatic heterocycles. The fraction of sp³-hybridized carbons (Fsp3) is 0.350. The molecule has 1 unspecified atom stereocenters. The van der Waals surface area contributed by atoms with Crippen LogP contribution in [0.2, 0.25) is 0 Å². The highest BCUT2D eigenvalue weighted by atomic mass is 79.9. The summed E-state index contributed by atoms with van der Waals surface area (Å²) in [5.74, 6) is -0.974. The fourth-order valence-electron chi connectivity index (χ4n) is 3.59. The second-order valence-corrected chi connectivity index (χ2v) is 12.0. The lowest BCUT2D eigenvalue weighted by atomic mass is 10.2. The molecule has 4 rings (SSSR count). The quantitative estimate of drug-likeness (QED) is 0.433. The second-order valence-electron chi connectivity index (χ2n) is 7.04. The number of sulfonamides is 1. The first-order valence-electron chi connectivity index (χ1n) is 9.89. The van der Waals surface area contributed by atoms with Crippen LogP contribution >= 0.6 is 38.6 Å². The molecule has 1 aliphatic rings. The van der Waals surface area contributed by atoms with Gasteiger partial charge in [-0.25, -0.2) is 8.42 Å². The van der Waals surface area contributed by atoms with E-state index in [4.69, 9.17) is 4.74 Å². The number of thiophene rings is 1. The Labute approximate surface area is 201 Å². The fourth-order valence-corrected chi connectivity index (χ4v) is 7.95. The van der Waals surface area contributed by atoms with Crippen LogP contribution in [0.1, 0.15) is 19.8 Å². The van der Waals surface area contributed by atoms with Gasteiger partial charge in [-0.05, 0) is 49.4 Å². The van der Waals surface area contributed by atoms with Crippen molar-refractivity contribution in [2.24, 2.45) is 4.99 Å². The summed E-state index contributed by atoms with van der Waals surface area (Å²) in [6.45, 7) is 2.15. The van der Waals surface area contributed by atoms with Crippen LogP contribution in [0.5, 0.6) is 0 Å². The third-order valence-corrected chi connectivity index (χ3v) is 9.81. The predicted octanol–water partition coefficient (Wildman–Crippen LogP) is 3.37. The Morgan fingerprint density at radius 1 is 1.31 bits per heavy atom. The summed E-state index contributed by atoms with van der Waals surface area (Å²) in [6, 6.07) is 7.90. The van der Waals surface area contributed by atoms with Gasteiger partial charge in [-0.3, -0.25) is 9.59 Å². The summed E-state index contributed by atoms with van der Waals surface area (Å²) in [5, 5.41) is 1.69. The molecule has 1 amide bonds. The topological polar surface area (TPSA) is 98.0 Å². The van der Waals surface area contributed by atoms with E-state index in [0.717, 1.165) is 26.0 Å². The number of hydrogen-bond donors (Lipinski definition) is 0. The van der Waals surface area contributed by atoms with E-state index in [-0.39, 0.29) is 23.9 Å². The third-order valence-electron chi connectivity index (χ3n) is 4.99. The summed E-state index contributed by atoms with van der Waals surface area (Å²) >= 11 is 5.82. The van der Waals surface area contributed by atoms with Crippen molar-refractivity contribution in [3.8, 4) is 0 Å². The number of hydrogen-bond acceptors (Lipinski definition) is 7. The molecule has 0 radical (unpaired) electrons. The van der Waals surface area contributed by atoms with Gasteiger partial charge in [0, 0.05) is 11.0 Å². The van der Waals surface area contributed by atoms with Gasteiger partial charge in [0.05, 0.1) is 16.8 Å². The Hall–Kier alpha value is -1.86. The molecule has 1 fully saturated rings. The molecule has 1 atom stereocenters. The first-order chi connectivity index (χ1) is 15.3. The van der Waals surface area contributed by atoms with Crippen molar-refractivity contribution in [1.82, 2.24) is 8.87 Å². The molecule has 2 aromatic heterocycles. The smallest absolute Gasteiger partial charge is 0.326 e.